The van der Waals surface area contributed by atoms with Crippen LogP contribution in [0.25, 0.3) is 0 Å². The lowest BCUT2D eigenvalue weighted by atomic mass is 10.1. The minimum absolute atomic E-state index is 0.168. The van der Waals surface area contributed by atoms with Crippen LogP contribution in [0.3, 0.4) is 0 Å². The lowest BCUT2D eigenvalue weighted by Crippen LogP contribution is -2.51. The molecule has 1 amide bonds. The molecule has 112 valence electrons. The second-order valence-electron chi connectivity index (χ2n) is 5.17. The Hall–Kier alpha value is -0.890. The summed E-state index contributed by atoms with van der Waals surface area (Å²) in [6.45, 7) is 5.34. The fraction of sp³-hybridized carbons (Fsp3) is 0.615. The molecule has 2 rings (SSSR count). The summed E-state index contributed by atoms with van der Waals surface area (Å²) >= 11 is 3.14. The Morgan fingerprint density at radius 3 is 2.80 bits per heavy atom. The van der Waals surface area contributed by atoms with E-state index in [9.17, 15) is 9.90 Å². The molecule has 0 aromatic carbocycles. The zero-order valence-electron chi connectivity index (χ0n) is 11.4. The van der Waals surface area contributed by atoms with Crippen LogP contribution < -0.4 is 5.32 Å². The highest BCUT2D eigenvalue weighted by Gasteiger charge is 2.26. The van der Waals surface area contributed by atoms with Crippen molar-refractivity contribution in [3.8, 4) is 0 Å². The standard InChI is InChI=1S/C13H19BrN2O4/c1-13(18,9-16-4-6-19-7-5-16)8-15-12(17)10-2-3-11(14)20-10/h2-3,18H,4-9H2,1H3,(H,15,17). The average molecular weight is 347 g/mol. The molecule has 0 bridgehead atoms. The van der Waals surface area contributed by atoms with Crippen molar-refractivity contribution >= 4 is 21.8 Å². The first-order valence-corrected chi connectivity index (χ1v) is 7.32. The first-order chi connectivity index (χ1) is 9.46. The quantitative estimate of drug-likeness (QED) is 0.826. The molecule has 1 fully saturated rings. The first kappa shape index (κ1) is 15.5. The lowest BCUT2D eigenvalue weighted by Gasteiger charge is -2.33. The molecular formula is C13H19BrN2O4. The Bertz CT molecular complexity index is 455. The Labute approximate surface area is 126 Å². The van der Waals surface area contributed by atoms with Crippen molar-refractivity contribution in [2.24, 2.45) is 0 Å². The number of β-amino-alcohol motifs (C(OH)–C–C–N with tert-alkyl or cyclic N) is 1. The molecule has 0 saturated carbocycles. The van der Waals surface area contributed by atoms with E-state index in [0.717, 1.165) is 13.1 Å². The van der Waals surface area contributed by atoms with Gasteiger partial charge in [-0.2, -0.15) is 0 Å². The third-order valence-corrected chi connectivity index (χ3v) is 3.52. The third kappa shape index (κ3) is 4.59. The Balaban J connectivity index is 1.80. The van der Waals surface area contributed by atoms with Crippen molar-refractivity contribution in [3.05, 3.63) is 22.6 Å². The van der Waals surface area contributed by atoms with Crippen LogP contribution in [-0.2, 0) is 4.74 Å². The zero-order chi connectivity index (χ0) is 14.6. The number of hydrogen-bond donors (Lipinski definition) is 2. The highest BCUT2D eigenvalue weighted by Crippen LogP contribution is 2.14. The summed E-state index contributed by atoms with van der Waals surface area (Å²) in [5.41, 5.74) is -0.989. The summed E-state index contributed by atoms with van der Waals surface area (Å²) in [4.78, 5) is 14.0. The van der Waals surface area contributed by atoms with E-state index in [-0.39, 0.29) is 18.2 Å². The number of nitrogens with zero attached hydrogens (tertiary/aromatic N) is 1. The maximum absolute atomic E-state index is 11.8. The van der Waals surface area contributed by atoms with Crippen molar-refractivity contribution in [2.45, 2.75) is 12.5 Å². The maximum Gasteiger partial charge on any atom is 0.287 e. The van der Waals surface area contributed by atoms with Crippen molar-refractivity contribution in [1.29, 1.82) is 0 Å². The van der Waals surface area contributed by atoms with Crippen LogP contribution in [0.15, 0.2) is 21.2 Å². The SMILES string of the molecule is CC(O)(CNC(=O)c1ccc(Br)o1)CN1CCOCC1. The molecule has 1 saturated heterocycles. The number of morpholine rings is 1. The van der Waals surface area contributed by atoms with Gasteiger partial charge in [-0.05, 0) is 35.0 Å². The molecule has 1 aliphatic heterocycles. The van der Waals surface area contributed by atoms with E-state index in [4.69, 9.17) is 9.15 Å². The van der Waals surface area contributed by atoms with E-state index in [0.29, 0.717) is 24.4 Å². The zero-order valence-corrected chi connectivity index (χ0v) is 13.0. The summed E-state index contributed by atoms with van der Waals surface area (Å²) in [5, 5.41) is 13.0. The van der Waals surface area contributed by atoms with Crippen molar-refractivity contribution in [1.82, 2.24) is 10.2 Å². The predicted octanol–water partition coefficient (Wildman–Crippen LogP) is 0.855. The number of carbonyl (C=O) groups is 1. The van der Waals surface area contributed by atoms with Crippen LogP contribution in [0, 0.1) is 0 Å². The van der Waals surface area contributed by atoms with Gasteiger partial charge in [0.25, 0.3) is 5.91 Å². The normalized spacial score (nSPS) is 19.6. The number of halogens is 1. The molecule has 2 N–H and O–H groups in total. The van der Waals surface area contributed by atoms with Crippen LogP contribution in [0.4, 0.5) is 0 Å². The molecule has 6 nitrogen and oxygen atoms in total. The fourth-order valence-electron chi connectivity index (χ4n) is 2.09. The molecule has 1 atom stereocenters. The maximum atomic E-state index is 11.8. The van der Waals surface area contributed by atoms with Crippen molar-refractivity contribution in [2.75, 3.05) is 39.4 Å². The fourth-order valence-corrected chi connectivity index (χ4v) is 2.40. The van der Waals surface area contributed by atoms with Gasteiger partial charge in [0.1, 0.15) is 0 Å². The van der Waals surface area contributed by atoms with Crippen molar-refractivity contribution in [3.63, 3.8) is 0 Å². The second kappa shape index (κ2) is 6.71. The van der Waals surface area contributed by atoms with Gasteiger partial charge in [0.15, 0.2) is 10.4 Å². The van der Waals surface area contributed by atoms with Crippen LogP contribution in [0.2, 0.25) is 0 Å². The number of carbonyl (C=O) groups excluding carboxylic acids is 1. The number of aliphatic hydroxyl groups is 1. The number of rotatable bonds is 5. The molecule has 1 aromatic rings. The Morgan fingerprint density at radius 2 is 2.20 bits per heavy atom. The van der Waals surface area contributed by atoms with Gasteiger partial charge in [-0.1, -0.05) is 0 Å². The second-order valence-corrected chi connectivity index (χ2v) is 5.95. The molecule has 1 aliphatic rings. The van der Waals surface area contributed by atoms with Gasteiger partial charge in [-0.25, -0.2) is 0 Å². The predicted molar refractivity (Wildman–Crippen MR) is 76.6 cm³/mol. The summed E-state index contributed by atoms with van der Waals surface area (Å²) in [7, 11) is 0. The molecule has 1 aromatic heterocycles. The van der Waals surface area contributed by atoms with E-state index >= 15 is 0 Å². The van der Waals surface area contributed by atoms with Gasteiger partial charge in [-0.15, -0.1) is 0 Å². The highest BCUT2D eigenvalue weighted by atomic mass is 79.9. The number of ether oxygens (including phenoxy) is 1. The molecule has 2 heterocycles. The minimum Gasteiger partial charge on any atom is -0.444 e. The number of nitrogens with one attached hydrogen (secondary N) is 1. The van der Waals surface area contributed by atoms with E-state index in [1.54, 1.807) is 19.1 Å². The molecule has 0 radical (unpaired) electrons. The molecule has 0 spiro atoms. The van der Waals surface area contributed by atoms with Gasteiger partial charge >= 0.3 is 0 Å². The van der Waals surface area contributed by atoms with Gasteiger partial charge in [-0.3, -0.25) is 9.69 Å². The Kier molecular flexibility index (Phi) is 5.20. The average Bonchev–Trinajstić information content (AvgIpc) is 2.83. The van der Waals surface area contributed by atoms with Crippen LogP contribution in [0.1, 0.15) is 17.5 Å². The highest BCUT2D eigenvalue weighted by molar-refractivity contribution is 9.10. The van der Waals surface area contributed by atoms with Crippen LogP contribution in [-0.4, -0.2) is 60.9 Å². The first-order valence-electron chi connectivity index (χ1n) is 6.52. The monoisotopic (exact) mass is 346 g/mol. The molecular weight excluding hydrogens is 328 g/mol. The summed E-state index contributed by atoms with van der Waals surface area (Å²) in [6, 6.07) is 3.23. The van der Waals surface area contributed by atoms with E-state index in [1.807, 2.05) is 0 Å². The minimum atomic E-state index is -0.989. The van der Waals surface area contributed by atoms with E-state index < -0.39 is 5.60 Å². The van der Waals surface area contributed by atoms with Crippen LogP contribution in [0.5, 0.6) is 0 Å². The summed E-state index contributed by atoms with van der Waals surface area (Å²) < 4.78 is 10.9. The number of furan rings is 1. The smallest absolute Gasteiger partial charge is 0.287 e. The van der Waals surface area contributed by atoms with Crippen LogP contribution >= 0.6 is 15.9 Å². The molecule has 7 heteroatoms. The Morgan fingerprint density at radius 1 is 1.50 bits per heavy atom. The summed E-state index contributed by atoms with van der Waals surface area (Å²) in [5.74, 6) is -0.114. The molecule has 1 unspecified atom stereocenters. The molecule has 20 heavy (non-hydrogen) atoms. The third-order valence-electron chi connectivity index (χ3n) is 3.09. The topological polar surface area (TPSA) is 74.9 Å². The van der Waals surface area contributed by atoms with Crippen molar-refractivity contribution < 1.29 is 19.1 Å². The van der Waals surface area contributed by atoms with E-state index in [1.165, 1.54) is 0 Å². The lowest BCUT2D eigenvalue weighted by molar-refractivity contribution is -0.0214. The number of hydrogen-bond acceptors (Lipinski definition) is 5. The van der Waals surface area contributed by atoms with Gasteiger partial charge in [0.05, 0.1) is 18.8 Å². The summed E-state index contributed by atoms with van der Waals surface area (Å²) in [6.07, 6.45) is 0. The van der Waals surface area contributed by atoms with E-state index in [2.05, 4.69) is 26.1 Å². The molecule has 0 aliphatic carbocycles. The largest absolute Gasteiger partial charge is 0.444 e. The van der Waals surface area contributed by atoms with Gasteiger partial charge in [0, 0.05) is 26.2 Å². The van der Waals surface area contributed by atoms with Gasteiger partial charge in [0.2, 0.25) is 0 Å². The number of amides is 1. The van der Waals surface area contributed by atoms with Gasteiger partial charge < -0.3 is 19.6 Å².